The molecule has 2 nitrogen and oxygen atoms in total. The maximum Gasteiger partial charge on any atom is 0.0468 e. The monoisotopic (exact) mass is 734 g/mol. The molecule has 0 unspecified atom stereocenters. The average molecular weight is 735 g/mol. The van der Waals surface area contributed by atoms with Crippen LogP contribution in [0.3, 0.4) is 0 Å². The van der Waals surface area contributed by atoms with Crippen molar-refractivity contribution < 1.29 is 0 Å². The molecule has 57 heavy (non-hydrogen) atoms. The zero-order valence-electron chi connectivity index (χ0n) is 33.6. The summed E-state index contributed by atoms with van der Waals surface area (Å²) in [5.41, 5.74) is 17.4. The second-order valence-electron chi connectivity index (χ2n) is 16.4. The van der Waals surface area contributed by atoms with Gasteiger partial charge in [-0.1, -0.05) is 111 Å². The van der Waals surface area contributed by atoms with E-state index in [2.05, 4.69) is 221 Å². The fraction of sp³-hybridized carbons (Fsp3) is 0.127. The molecule has 0 amide bonds. The lowest BCUT2D eigenvalue weighted by Gasteiger charge is -2.29. The fourth-order valence-electron chi connectivity index (χ4n) is 9.49. The van der Waals surface area contributed by atoms with Gasteiger partial charge in [0.1, 0.15) is 0 Å². The van der Waals surface area contributed by atoms with Gasteiger partial charge >= 0.3 is 0 Å². The van der Waals surface area contributed by atoms with Crippen LogP contribution >= 0.6 is 0 Å². The van der Waals surface area contributed by atoms with Gasteiger partial charge in [0.05, 0.1) is 0 Å². The molecule has 0 saturated carbocycles. The van der Waals surface area contributed by atoms with Crippen molar-refractivity contribution >= 4 is 66.4 Å². The molecule has 0 aromatic heterocycles. The highest BCUT2D eigenvalue weighted by molar-refractivity contribution is 6.20. The summed E-state index contributed by atoms with van der Waals surface area (Å²) in [5, 5.41) is 7.75. The molecular weight excluding hydrogens is 689 g/mol. The summed E-state index contributed by atoms with van der Waals surface area (Å²) in [5.74, 6) is 0. The van der Waals surface area contributed by atoms with Crippen molar-refractivity contribution in [2.24, 2.45) is 0 Å². The molecule has 0 saturated heterocycles. The van der Waals surface area contributed by atoms with Crippen molar-refractivity contribution in [3.63, 3.8) is 0 Å². The lowest BCUT2D eigenvalue weighted by Crippen LogP contribution is -2.16. The molecule has 9 aromatic carbocycles. The molecule has 0 radical (unpaired) electrons. The third-order valence-corrected chi connectivity index (χ3v) is 12.6. The van der Waals surface area contributed by atoms with Gasteiger partial charge in [-0.3, -0.25) is 0 Å². The minimum atomic E-state index is -0.240. The van der Waals surface area contributed by atoms with Crippen LogP contribution in [-0.4, -0.2) is 0 Å². The van der Waals surface area contributed by atoms with Gasteiger partial charge < -0.3 is 9.80 Å². The zero-order chi connectivity index (χ0) is 39.0. The highest BCUT2D eigenvalue weighted by atomic mass is 15.1. The van der Waals surface area contributed by atoms with Crippen molar-refractivity contribution in [2.75, 3.05) is 9.80 Å². The van der Waals surface area contributed by atoms with Gasteiger partial charge in [0.15, 0.2) is 0 Å². The lowest BCUT2D eigenvalue weighted by molar-refractivity contribution is 0.672. The number of hydrogen-bond acceptors (Lipinski definition) is 2. The van der Waals surface area contributed by atoms with Crippen LogP contribution in [0.15, 0.2) is 170 Å². The number of anilines is 6. The van der Waals surface area contributed by atoms with Crippen LogP contribution in [0.25, 0.3) is 43.4 Å². The van der Waals surface area contributed by atoms with Crippen molar-refractivity contribution in [2.45, 2.75) is 47.0 Å². The Morgan fingerprint density at radius 3 is 1.40 bits per heavy atom. The topological polar surface area (TPSA) is 6.48 Å². The van der Waals surface area contributed by atoms with Crippen molar-refractivity contribution in [3.05, 3.63) is 203 Å². The molecule has 0 spiro atoms. The van der Waals surface area contributed by atoms with Crippen molar-refractivity contribution in [1.29, 1.82) is 0 Å². The Bertz CT molecular complexity index is 3030. The number of nitrogens with zero attached hydrogens (tertiary/aromatic N) is 2. The Labute approximate surface area is 336 Å². The first-order valence-electron chi connectivity index (χ1n) is 20.1. The molecule has 2 heteroatoms. The lowest BCUT2D eigenvalue weighted by atomic mass is 9.77. The van der Waals surface area contributed by atoms with Gasteiger partial charge in [-0.05, 0) is 177 Å². The Balaban J connectivity index is 1.16. The van der Waals surface area contributed by atoms with Crippen LogP contribution in [0.1, 0.15) is 47.2 Å². The van der Waals surface area contributed by atoms with Crippen LogP contribution in [0.5, 0.6) is 0 Å². The zero-order valence-corrected chi connectivity index (χ0v) is 33.6. The third kappa shape index (κ3) is 5.54. The Kier molecular flexibility index (Phi) is 8.09. The summed E-state index contributed by atoms with van der Waals surface area (Å²) in [4.78, 5) is 4.78. The first kappa shape index (κ1) is 34.8. The van der Waals surface area contributed by atoms with E-state index >= 15 is 0 Å². The molecule has 276 valence electrons. The highest BCUT2D eigenvalue weighted by Crippen LogP contribution is 2.57. The Hall–Kier alpha value is -6.64. The van der Waals surface area contributed by atoms with E-state index in [-0.39, 0.29) is 5.41 Å². The Morgan fingerprint density at radius 1 is 0.333 bits per heavy atom. The van der Waals surface area contributed by atoms with Gasteiger partial charge in [-0.2, -0.15) is 0 Å². The van der Waals surface area contributed by atoms with E-state index in [1.807, 2.05) is 0 Å². The van der Waals surface area contributed by atoms with Crippen molar-refractivity contribution in [1.82, 2.24) is 0 Å². The first-order chi connectivity index (χ1) is 27.7. The Morgan fingerprint density at radius 2 is 0.825 bits per heavy atom. The molecular formula is C55H46N2. The number of para-hydroxylation sites is 2. The number of hydrogen-bond donors (Lipinski definition) is 0. The molecule has 0 aliphatic heterocycles. The summed E-state index contributed by atoms with van der Waals surface area (Å²) < 4.78 is 0. The minimum Gasteiger partial charge on any atom is -0.310 e. The summed E-state index contributed by atoms with van der Waals surface area (Å²) >= 11 is 0. The van der Waals surface area contributed by atoms with E-state index in [0.717, 1.165) is 34.1 Å². The second-order valence-corrected chi connectivity index (χ2v) is 16.4. The summed E-state index contributed by atoms with van der Waals surface area (Å²) in [7, 11) is 0. The van der Waals surface area contributed by atoms with E-state index in [9.17, 15) is 0 Å². The summed E-state index contributed by atoms with van der Waals surface area (Å²) in [6.07, 6.45) is 0. The molecule has 0 fully saturated rings. The van der Waals surface area contributed by atoms with E-state index in [1.165, 1.54) is 76.8 Å². The molecule has 0 heterocycles. The number of fused-ring (bicyclic) bond motifs is 10. The first-order valence-corrected chi connectivity index (χ1v) is 20.1. The average Bonchev–Trinajstić information content (AvgIpc) is 3.48. The quantitative estimate of drug-likeness (QED) is 0.157. The van der Waals surface area contributed by atoms with Crippen LogP contribution in [0.4, 0.5) is 34.1 Å². The SMILES string of the molecule is Cc1ccc(N(c2ccccc2)c2ccc3c4c(ccc3c2)-c2c(c3ccc(N(c5ccccc5)c5ccc(C)c(C)c5)cc3c3ccccc23)C4(C)C)cc1C. The van der Waals surface area contributed by atoms with Crippen LogP contribution in [0, 0.1) is 27.7 Å². The molecule has 0 bridgehead atoms. The van der Waals surface area contributed by atoms with E-state index in [4.69, 9.17) is 0 Å². The second kappa shape index (κ2) is 13.2. The van der Waals surface area contributed by atoms with Gasteiger partial charge in [0, 0.05) is 39.5 Å². The van der Waals surface area contributed by atoms with E-state index in [1.54, 1.807) is 0 Å². The number of aryl methyl sites for hydroxylation is 4. The number of benzene rings is 9. The third-order valence-electron chi connectivity index (χ3n) is 12.6. The fourth-order valence-corrected chi connectivity index (χ4v) is 9.49. The largest absolute Gasteiger partial charge is 0.310 e. The van der Waals surface area contributed by atoms with E-state index < -0.39 is 0 Å². The predicted octanol–water partition coefficient (Wildman–Crippen LogP) is 15.6. The maximum absolute atomic E-state index is 2.43. The van der Waals surface area contributed by atoms with E-state index in [0.29, 0.717) is 0 Å². The molecule has 1 aliphatic carbocycles. The predicted molar refractivity (Wildman–Crippen MR) is 245 cm³/mol. The molecule has 9 aromatic rings. The van der Waals surface area contributed by atoms with Crippen molar-refractivity contribution in [3.8, 4) is 11.1 Å². The summed E-state index contributed by atoms with van der Waals surface area (Å²) in [6.45, 7) is 13.6. The van der Waals surface area contributed by atoms with Crippen LogP contribution in [-0.2, 0) is 5.41 Å². The summed E-state index contributed by atoms with van der Waals surface area (Å²) in [6, 6.07) is 63.0. The number of rotatable bonds is 6. The van der Waals surface area contributed by atoms with Gasteiger partial charge in [-0.25, -0.2) is 0 Å². The normalized spacial score (nSPS) is 12.9. The molecule has 0 atom stereocenters. The minimum absolute atomic E-state index is 0.240. The highest BCUT2D eigenvalue weighted by Gasteiger charge is 2.40. The maximum atomic E-state index is 2.43. The van der Waals surface area contributed by atoms with Crippen LogP contribution in [0.2, 0.25) is 0 Å². The molecule has 0 N–H and O–H groups in total. The standard InChI is InChI=1S/C55H46N2/c1-35-21-24-42(31-37(35)3)56(40-15-9-7-10-16-40)44-26-29-46-39(33-44)23-28-50-52-48-20-14-13-19-47(48)51-34-45(27-30-49(51)54(52)55(5,6)53(46)50)57(41-17-11-8-12-18-41)43-25-22-36(2)38(4)32-43/h7-34H,1-6H3. The van der Waals surface area contributed by atoms with Gasteiger partial charge in [-0.15, -0.1) is 0 Å². The van der Waals surface area contributed by atoms with Crippen LogP contribution < -0.4 is 9.80 Å². The molecule has 1 aliphatic rings. The smallest absolute Gasteiger partial charge is 0.0468 e. The molecule has 10 rings (SSSR count). The van der Waals surface area contributed by atoms with Gasteiger partial charge in [0.2, 0.25) is 0 Å². The van der Waals surface area contributed by atoms with Gasteiger partial charge in [0.25, 0.3) is 0 Å².